The Morgan fingerprint density at radius 1 is 1.46 bits per heavy atom. The summed E-state index contributed by atoms with van der Waals surface area (Å²) in [7, 11) is 5.89. The van der Waals surface area contributed by atoms with Gasteiger partial charge in [0.2, 0.25) is 0 Å². The van der Waals surface area contributed by atoms with Crippen LogP contribution in [-0.4, -0.2) is 60.3 Å². The molecule has 1 aliphatic rings. The van der Waals surface area contributed by atoms with Crippen molar-refractivity contribution >= 4 is 27.7 Å². The number of hydrogen-bond acceptors (Lipinski definition) is 4. The summed E-state index contributed by atoms with van der Waals surface area (Å²) in [5.74, 6) is 1.86. The zero-order valence-electron chi connectivity index (χ0n) is 17.0. The maximum Gasteiger partial charge on any atom is 0.194 e. The Bertz CT molecular complexity index is 804. The minimum Gasteiger partial charge on any atom is -0.375 e. The topological polar surface area (TPSA) is 57.9 Å². The second kappa shape index (κ2) is 9.43. The molecule has 1 fully saturated rings. The minimum absolute atomic E-state index is 0.251. The van der Waals surface area contributed by atoms with Gasteiger partial charge in [0.1, 0.15) is 5.82 Å². The SMILES string of the molecule is CN=C(NCc1ccc(N2CCOC(C)C2)nc1)N(C)Cc1cc(Br)cn1C. The van der Waals surface area contributed by atoms with Gasteiger partial charge in [0.05, 0.1) is 19.3 Å². The molecule has 0 bridgehead atoms. The van der Waals surface area contributed by atoms with Gasteiger partial charge in [-0.3, -0.25) is 4.99 Å². The molecule has 2 aromatic heterocycles. The average molecular weight is 449 g/mol. The summed E-state index contributed by atoms with van der Waals surface area (Å²) in [6.07, 6.45) is 4.24. The largest absolute Gasteiger partial charge is 0.375 e. The van der Waals surface area contributed by atoms with Crippen LogP contribution in [0.2, 0.25) is 0 Å². The standard InChI is InChI=1S/C20H29BrN6O/c1-15-12-27(7-8-28-15)19-6-5-16(10-23-19)11-24-20(22-2)26(4)14-18-9-17(21)13-25(18)3/h5-6,9-10,13,15H,7-8,11-12,14H2,1-4H3,(H,22,24). The third-order valence-electron chi connectivity index (χ3n) is 4.87. The fourth-order valence-corrected chi connectivity index (χ4v) is 3.91. The Morgan fingerprint density at radius 2 is 2.29 bits per heavy atom. The van der Waals surface area contributed by atoms with Crippen LogP contribution in [0.25, 0.3) is 0 Å². The molecule has 28 heavy (non-hydrogen) atoms. The molecule has 2 aromatic rings. The normalized spacial score (nSPS) is 17.7. The molecule has 7 nitrogen and oxygen atoms in total. The zero-order chi connectivity index (χ0) is 20.1. The molecule has 0 aromatic carbocycles. The van der Waals surface area contributed by atoms with E-state index >= 15 is 0 Å². The summed E-state index contributed by atoms with van der Waals surface area (Å²) in [5.41, 5.74) is 2.34. The lowest BCUT2D eigenvalue weighted by Crippen LogP contribution is -2.41. The van der Waals surface area contributed by atoms with Crippen molar-refractivity contribution in [3.63, 3.8) is 0 Å². The van der Waals surface area contributed by atoms with E-state index in [0.717, 1.165) is 48.1 Å². The van der Waals surface area contributed by atoms with Gasteiger partial charge in [-0.2, -0.15) is 0 Å². The first-order chi connectivity index (χ1) is 13.5. The molecular formula is C20H29BrN6O. The maximum atomic E-state index is 5.60. The van der Waals surface area contributed by atoms with E-state index in [1.165, 1.54) is 5.69 Å². The van der Waals surface area contributed by atoms with Gasteiger partial charge >= 0.3 is 0 Å². The first-order valence-corrected chi connectivity index (χ1v) is 10.3. The minimum atomic E-state index is 0.251. The van der Waals surface area contributed by atoms with Crippen molar-refractivity contribution in [1.82, 2.24) is 19.8 Å². The Labute approximate surface area is 175 Å². The predicted octanol–water partition coefficient (Wildman–Crippen LogP) is 2.62. The van der Waals surface area contributed by atoms with Crippen LogP contribution in [0, 0.1) is 0 Å². The number of aliphatic imine (C=N–C) groups is 1. The van der Waals surface area contributed by atoms with Gasteiger partial charge in [0.25, 0.3) is 0 Å². The van der Waals surface area contributed by atoms with Crippen LogP contribution in [0.3, 0.4) is 0 Å². The number of aromatic nitrogens is 2. The lowest BCUT2D eigenvalue weighted by atomic mass is 10.2. The highest BCUT2D eigenvalue weighted by atomic mass is 79.9. The Hall–Kier alpha value is -2.06. The van der Waals surface area contributed by atoms with Crippen molar-refractivity contribution in [2.75, 3.05) is 38.7 Å². The fourth-order valence-electron chi connectivity index (χ4n) is 3.34. The van der Waals surface area contributed by atoms with Gasteiger partial charge in [0, 0.05) is 63.3 Å². The number of pyridine rings is 1. The summed E-state index contributed by atoms with van der Waals surface area (Å²) in [6, 6.07) is 6.33. The lowest BCUT2D eigenvalue weighted by molar-refractivity contribution is 0.0529. The molecule has 1 saturated heterocycles. The van der Waals surface area contributed by atoms with E-state index < -0.39 is 0 Å². The number of guanidine groups is 1. The van der Waals surface area contributed by atoms with Crippen LogP contribution >= 0.6 is 15.9 Å². The van der Waals surface area contributed by atoms with Crippen molar-refractivity contribution in [2.45, 2.75) is 26.1 Å². The van der Waals surface area contributed by atoms with E-state index in [4.69, 9.17) is 4.74 Å². The molecule has 0 spiro atoms. The first-order valence-electron chi connectivity index (χ1n) is 9.50. The van der Waals surface area contributed by atoms with Gasteiger partial charge in [-0.25, -0.2) is 4.98 Å². The number of aryl methyl sites for hydroxylation is 1. The highest BCUT2D eigenvalue weighted by Gasteiger charge is 2.17. The van der Waals surface area contributed by atoms with Crippen molar-refractivity contribution in [3.05, 3.63) is 46.3 Å². The molecule has 0 saturated carbocycles. The molecule has 3 rings (SSSR count). The second-order valence-corrected chi connectivity index (χ2v) is 8.09. The second-order valence-electron chi connectivity index (χ2n) is 7.17. The van der Waals surface area contributed by atoms with Gasteiger partial charge in [-0.05, 0) is 40.5 Å². The molecule has 8 heteroatoms. The zero-order valence-corrected chi connectivity index (χ0v) is 18.6. The lowest BCUT2D eigenvalue weighted by Gasteiger charge is -2.32. The van der Waals surface area contributed by atoms with Crippen molar-refractivity contribution in [3.8, 4) is 0 Å². The molecule has 0 radical (unpaired) electrons. The molecule has 0 aliphatic carbocycles. The molecule has 152 valence electrons. The van der Waals surface area contributed by atoms with E-state index in [9.17, 15) is 0 Å². The Kier molecular flexibility index (Phi) is 6.96. The summed E-state index contributed by atoms with van der Waals surface area (Å²) >= 11 is 3.52. The highest BCUT2D eigenvalue weighted by Crippen LogP contribution is 2.16. The fraction of sp³-hybridized carbons (Fsp3) is 0.500. The van der Waals surface area contributed by atoms with E-state index in [0.29, 0.717) is 6.54 Å². The number of ether oxygens (including phenoxy) is 1. The third kappa shape index (κ3) is 5.26. The van der Waals surface area contributed by atoms with Crippen LogP contribution in [0.4, 0.5) is 5.82 Å². The van der Waals surface area contributed by atoms with Crippen LogP contribution < -0.4 is 10.2 Å². The van der Waals surface area contributed by atoms with E-state index in [-0.39, 0.29) is 6.10 Å². The quantitative estimate of drug-likeness (QED) is 0.562. The number of hydrogen-bond donors (Lipinski definition) is 1. The van der Waals surface area contributed by atoms with Crippen LogP contribution in [0.15, 0.2) is 40.1 Å². The summed E-state index contributed by atoms with van der Waals surface area (Å²) < 4.78 is 8.80. The molecule has 1 aliphatic heterocycles. The van der Waals surface area contributed by atoms with E-state index in [1.807, 2.05) is 20.3 Å². The number of rotatable bonds is 5. The third-order valence-corrected chi connectivity index (χ3v) is 5.31. The molecule has 3 heterocycles. The number of nitrogens with zero attached hydrogens (tertiary/aromatic N) is 5. The first kappa shape index (κ1) is 20.7. The summed E-state index contributed by atoms with van der Waals surface area (Å²) in [5, 5.41) is 3.42. The smallest absolute Gasteiger partial charge is 0.194 e. The summed E-state index contributed by atoms with van der Waals surface area (Å²) in [6.45, 7) is 6.08. The molecule has 1 N–H and O–H groups in total. The van der Waals surface area contributed by atoms with Gasteiger partial charge in [0.15, 0.2) is 5.96 Å². The average Bonchev–Trinajstić information content (AvgIpc) is 2.99. The molecule has 1 unspecified atom stereocenters. The predicted molar refractivity (Wildman–Crippen MR) is 117 cm³/mol. The van der Waals surface area contributed by atoms with Crippen molar-refractivity contribution in [2.24, 2.45) is 12.0 Å². The van der Waals surface area contributed by atoms with Gasteiger partial charge in [-0.1, -0.05) is 6.07 Å². The van der Waals surface area contributed by atoms with Crippen molar-refractivity contribution < 1.29 is 4.74 Å². The molecule has 0 amide bonds. The number of anilines is 1. The Morgan fingerprint density at radius 3 is 2.89 bits per heavy atom. The number of morpholine rings is 1. The van der Waals surface area contributed by atoms with Crippen molar-refractivity contribution in [1.29, 1.82) is 0 Å². The molecular weight excluding hydrogens is 420 g/mol. The maximum absolute atomic E-state index is 5.60. The summed E-state index contributed by atoms with van der Waals surface area (Å²) in [4.78, 5) is 13.4. The highest BCUT2D eigenvalue weighted by molar-refractivity contribution is 9.10. The Balaban J connectivity index is 1.55. The van der Waals surface area contributed by atoms with Gasteiger partial charge in [-0.15, -0.1) is 0 Å². The number of halogens is 1. The van der Waals surface area contributed by atoms with Crippen LogP contribution in [0.1, 0.15) is 18.2 Å². The van der Waals surface area contributed by atoms with E-state index in [2.05, 4.69) is 76.9 Å². The number of nitrogens with one attached hydrogen (secondary N) is 1. The van der Waals surface area contributed by atoms with Crippen LogP contribution in [0.5, 0.6) is 0 Å². The van der Waals surface area contributed by atoms with Crippen LogP contribution in [-0.2, 0) is 24.9 Å². The van der Waals surface area contributed by atoms with Gasteiger partial charge < -0.3 is 24.4 Å². The monoisotopic (exact) mass is 448 g/mol. The van der Waals surface area contributed by atoms with E-state index in [1.54, 1.807) is 7.05 Å². The molecule has 1 atom stereocenters.